The van der Waals surface area contributed by atoms with Gasteiger partial charge in [0, 0.05) is 16.6 Å². The van der Waals surface area contributed by atoms with Crippen LogP contribution in [0.1, 0.15) is 36.0 Å². The van der Waals surface area contributed by atoms with Gasteiger partial charge in [0.1, 0.15) is 0 Å². The highest BCUT2D eigenvalue weighted by Crippen LogP contribution is 2.21. The maximum atomic E-state index is 12.5. The van der Waals surface area contributed by atoms with Gasteiger partial charge in [-0.2, -0.15) is 0 Å². The molecular formula is C18H19ClN2O3S. The Morgan fingerprint density at radius 2 is 1.76 bits per heavy atom. The lowest BCUT2D eigenvalue weighted by atomic mass is 10.2. The topological polar surface area (TPSA) is 75.3 Å². The van der Waals surface area contributed by atoms with Crippen molar-refractivity contribution in [3.8, 4) is 0 Å². The molecule has 1 aliphatic carbocycles. The van der Waals surface area contributed by atoms with Gasteiger partial charge >= 0.3 is 0 Å². The highest BCUT2D eigenvalue weighted by molar-refractivity contribution is 7.92. The summed E-state index contributed by atoms with van der Waals surface area (Å²) in [6, 6.07) is 12.7. The molecule has 0 saturated heterocycles. The predicted molar refractivity (Wildman–Crippen MR) is 98.4 cm³/mol. The first kappa shape index (κ1) is 17.8. The standard InChI is InChI=1S/C18H19ClN2O3S/c19-14-6-4-9-16(12-14)21-25(23,24)17-10-3-5-13(11-17)18(22)20-15-7-1-2-8-15/h3-6,9-12,15,21H,1-2,7-8H2,(H,20,22). The van der Waals surface area contributed by atoms with Gasteiger partial charge in [-0.15, -0.1) is 0 Å². The fourth-order valence-electron chi connectivity index (χ4n) is 2.91. The van der Waals surface area contributed by atoms with Crippen LogP contribution in [0.3, 0.4) is 0 Å². The van der Waals surface area contributed by atoms with Crippen LogP contribution in [0.15, 0.2) is 53.4 Å². The van der Waals surface area contributed by atoms with Crippen LogP contribution in [-0.4, -0.2) is 20.4 Å². The molecule has 0 radical (unpaired) electrons. The maximum absolute atomic E-state index is 12.5. The van der Waals surface area contributed by atoms with E-state index < -0.39 is 10.0 Å². The number of hydrogen-bond donors (Lipinski definition) is 2. The van der Waals surface area contributed by atoms with Gasteiger partial charge in [0.15, 0.2) is 0 Å². The third-order valence-electron chi connectivity index (χ3n) is 4.17. The minimum Gasteiger partial charge on any atom is -0.349 e. The molecule has 0 aliphatic heterocycles. The van der Waals surface area contributed by atoms with E-state index >= 15 is 0 Å². The number of halogens is 1. The fourth-order valence-corrected chi connectivity index (χ4v) is 4.19. The van der Waals surface area contributed by atoms with Gasteiger partial charge in [0.2, 0.25) is 0 Å². The van der Waals surface area contributed by atoms with E-state index in [0.29, 0.717) is 16.3 Å². The van der Waals surface area contributed by atoms with Crippen molar-refractivity contribution in [2.75, 3.05) is 4.72 Å². The van der Waals surface area contributed by atoms with Crippen molar-refractivity contribution in [3.05, 3.63) is 59.1 Å². The minimum atomic E-state index is -3.80. The molecule has 25 heavy (non-hydrogen) atoms. The van der Waals surface area contributed by atoms with Crippen LogP contribution in [0.2, 0.25) is 5.02 Å². The van der Waals surface area contributed by atoms with E-state index in [0.717, 1.165) is 25.7 Å². The largest absolute Gasteiger partial charge is 0.349 e. The van der Waals surface area contributed by atoms with E-state index in [4.69, 9.17) is 11.6 Å². The summed E-state index contributed by atoms with van der Waals surface area (Å²) in [6.45, 7) is 0. The SMILES string of the molecule is O=C(NC1CCCC1)c1cccc(S(=O)(=O)Nc2cccc(Cl)c2)c1. The van der Waals surface area contributed by atoms with E-state index in [1.54, 1.807) is 30.3 Å². The van der Waals surface area contributed by atoms with Crippen molar-refractivity contribution < 1.29 is 13.2 Å². The van der Waals surface area contributed by atoms with Gasteiger partial charge < -0.3 is 5.32 Å². The number of benzene rings is 2. The predicted octanol–water partition coefficient (Wildman–Crippen LogP) is 3.81. The minimum absolute atomic E-state index is 0.0338. The summed E-state index contributed by atoms with van der Waals surface area (Å²) in [5.41, 5.74) is 0.703. The summed E-state index contributed by atoms with van der Waals surface area (Å²) in [5.74, 6) is -0.244. The lowest BCUT2D eigenvalue weighted by Gasteiger charge is -2.13. The summed E-state index contributed by atoms with van der Waals surface area (Å²) < 4.78 is 27.6. The van der Waals surface area contributed by atoms with Crippen LogP contribution in [0.5, 0.6) is 0 Å². The zero-order valence-electron chi connectivity index (χ0n) is 13.5. The van der Waals surface area contributed by atoms with Crippen LogP contribution >= 0.6 is 11.6 Å². The van der Waals surface area contributed by atoms with Crippen molar-refractivity contribution >= 4 is 33.2 Å². The molecule has 0 bridgehead atoms. The number of amides is 1. The number of anilines is 1. The van der Waals surface area contributed by atoms with Crippen molar-refractivity contribution in [1.82, 2.24) is 5.32 Å². The van der Waals surface area contributed by atoms with Crippen molar-refractivity contribution in [2.24, 2.45) is 0 Å². The molecule has 5 nitrogen and oxygen atoms in total. The second kappa shape index (κ2) is 7.45. The molecule has 0 heterocycles. The second-order valence-corrected chi connectivity index (χ2v) is 8.22. The Bertz CT molecular complexity index is 877. The first-order valence-corrected chi connectivity index (χ1v) is 9.99. The first-order chi connectivity index (χ1) is 11.9. The molecule has 0 unspecified atom stereocenters. The van der Waals surface area contributed by atoms with Gasteiger partial charge in [-0.25, -0.2) is 8.42 Å². The highest BCUT2D eigenvalue weighted by Gasteiger charge is 2.20. The van der Waals surface area contributed by atoms with Gasteiger partial charge in [-0.3, -0.25) is 9.52 Å². The molecule has 1 fully saturated rings. The number of nitrogens with one attached hydrogen (secondary N) is 2. The molecule has 3 rings (SSSR count). The molecule has 2 aromatic carbocycles. The quantitative estimate of drug-likeness (QED) is 0.830. The summed E-state index contributed by atoms with van der Waals surface area (Å²) in [5, 5.41) is 3.39. The van der Waals surface area contributed by atoms with Crippen LogP contribution in [0, 0.1) is 0 Å². The Balaban J connectivity index is 1.78. The molecule has 1 amide bonds. The third-order valence-corrected chi connectivity index (χ3v) is 5.79. The summed E-state index contributed by atoms with van der Waals surface area (Å²) in [7, 11) is -3.80. The van der Waals surface area contributed by atoms with E-state index in [9.17, 15) is 13.2 Å². The Morgan fingerprint density at radius 3 is 2.48 bits per heavy atom. The van der Waals surface area contributed by atoms with Gasteiger partial charge in [0.25, 0.3) is 15.9 Å². The number of carbonyl (C=O) groups excluding carboxylic acids is 1. The Hall–Kier alpha value is -2.05. The Labute approximate surface area is 152 Å². The van der Waals surface area contributed by atoms with Crippen LogP contribution in [0.4, 0.5) is 5.69 Å². The molecule has 0 atom stereocenters. The average molecular weight is 379 g/mol. The zero-order valence-corrected chi connectivity index (χ0v) is 15.1. The van der Waals surface area contributed by atoms with Crippen molar-refractivity contribution in [1.29, 1.82) is 0 Å². The molecule has 0 aromatic heterocycles. The number of hydrogen-bond acceptors (Lipinski definition) is 3. The van der Waals surface area contributed by atoms with Gasteiger partial charge in [-0.05, 0) is 49.2 Å². The third kappa shape index (κ3) is 4.52. The molecular weight excluding hydrogens is 360 g/mol. The lowest BCUT2D eigenvalue weighted by Crippen LogP contribution is -2.32. The Kier molecular flexibility index (Phi) is 5.30. The summed E-state index contributed by atoms with van der Waals surface area (Å²) in [4.78, 5) is 12.4. The molecule has 2 N–H and O–H groups in total. The van der Waals surface area contributed by atoms with E-state index in [-0.39, 0.29) is 16.8 Å². The smallest absolute Gasteiger partial charge is 0.261 e. The lowest BCUT2D eigenvalue weighted by molar-refractivity contribution is 0.0937. The summed E-state index contributed by atoms with van der Waals surface area (Å²) in [6.07, 6.45) is 4.17. The normalized spacial score (nSPS) is 15.1. The van der Waals surface area contributed by atoms with Crippen molar-refractivity contribution in [3.63, 3.8) is 0 Å². The van der Waals surface area contributed by atoms with E-state index in [2.05, 4.69) is 10.0 Å². The summed E-state index contributed by atoms with van der Waals surface area (Å²) >= 11 is 5.88. The van der Waals surface area contributed by atoms with E-state index in [1.165, 1.54) is 18.2 Å². The molecule has 132 valence electrons. The zero-order chi connectivity index (χ0) is 17.9. The van der Waals surface area contributed by atoms with Crippen LogP contribution in [0.25, 0.3) is 0 Å². The molecule has 1 aliphatic rings. The van der Waals surface area contributed by atoms with Gasteiger partial charge in [0.05, 0.1) is 10.6 Å². The maximum Gasteiger partial charge on any atom is 0.261 e. The molecule has 0 spiro atoms. The van der Waals surface area contributed by atoms with Crippen molar-refractivity contribution in [2.45, 2.75) is 36.6 Å². The number of sulfonamides is 1. The highest BCUT2D eigenvalue weighted by atomic mass is 35.5. The fraction of sp³-hybridized carbons (Fsp3) is 0.278. The average Bonchev–Trinajstić information content (AvgIpc) is 3.07. The van der Waals surface area contributed by atoms with E-state index in [1.807, 2.05) is 0 Å². The number of rotatable bonds is 5. The van der Waals surface area contributed by atoms with Crippen LogP contribution < -0.4 is 10.0 Å². The second-order valence-electron chi connectivity index (χ2n) is 6.10. The number of carbonyl (C=O) groups is 1. The van der Waals surface area contributed by atoms with Gasteiger partial charge in [-0.1, -0.05) is 36.6 Å². The Morgan fingerprint density at radius 1 is 1.04 bits per heavy atom. The molecule has 1 saturated carbocycles. The molecule has 7 heteroatoms. The first-order valence-electron chi connectivity index (χ1n) is 8.13. The monoisotopic (exact) mass is 378 g/mol. The molecule has 2 aromatic rings. The van der Waals surface area contributed by atoms with Crippen LogP contribution in [-0.2, 0) is 10.0 Å².